The zero-order valence-corrected chi connectivity index (χ0v) is 14.6. The molecule has 0 aromatic rings. The highest BCUT2D eigenvalue weighted by molar-refractivity contribution is 7.92. The van der Waals surface area contributed by atoms with E-state index in [2.05, 4.69) is 0 Å². The van der Waals surface area contributed by atoms with Crippen LogP contribution in [-0.2, 0) is 19.4 Å². The average Bonchev–Trinajstić information content (AvgIpc) is 2.37. The highest BCUT2D eigenvalue weighted by Gasteiger charge is 2.38. The Morgan fingerprint density at radius 1 is 1.41 bits per heavy atom. The Labute approximate surface area is 132 Å². The molecule has 2 atom stereocenters. The molecule has 0 aromatic carbocycles. The monoisotopic (exact) mass is 333 g/mol. The van der Waals surface area contributed by atoms with Gasteiger partial charge in [0.25, 0.3) is 0 Å². The molecule has 0 aromatic heterocycles. The van der Waals surface area contributed by atoms with E-state index in [1.807, 2.05) is 6.92 Å². The fourth-order valence-electron chi connectivity index (χ4n) is 2.67. The van der Waals surface area contributed by atoms with Crippen LogP contribution in [-0.4, -0.2) is 53.4 Å². The molecule has 1 fully saturated rings. The maximum Gasteiger partial charge on any atom is 0.304 e. The minimum absolute atomic E-state index is 0.0709. The summed E-state index contributed by atoms with van der Waals surface area (Å²) in [6.45, 7) is 7.32. The molecule has 0 aliphatic carbocycles. The molecule has 1 amide bonds. The van der Waals surface area contributed by atoms with Gasteiger partial charge in [-0.3, -0.25) is 9.59 Å². The molecule has 6 nitrogen and oxygen atoms in total. The van der Waals surface area contributed by atoms with E-state index in [0.717, 1.165) is 6.42 Å². The Kier molecular flexibility index (Phi) is 6.01. The number of carboxylic acid groups (broad SMARTS) is 1. The quantitative estimate of drug-likeness (QED) is 0.798. The number of carbonyl (C=O) groups is 2. The Bertz CT molecular complexity index is 521. The van der Waals surface area contributed by atoms with Crippen molar-refractivity contribution in [2.24, 2.45) is 5.92 Å². The van der Waals surface area contributed by atoms with Crippen molar-refractivity contribution in [3.63, 3.8) is 0 Å². The first-order valence-electron chi connectivity index (χ1n) is 7.74. The number of carboxylic acids is 1. The molecular formula is C15H27NO5S. The van der Waals surface area contributed by atoms with Crippen LogP contribution >= 0.6 is 0 Å². The molecule has 1 aliphatic heterocycles. The second-order valence-electron chi connectivity index (χ2n) is 6.92. The van der Waals surface area contributed by atoms with E-state index < -0.39 is 26.5 Å². The summed E-state index contributed by atoms with van der Waals surface area (Å²) in [4.78, 5) is 24.9. The van der Waals surface area contributed by atoms with E-state index in [9.17, 15) is 18.0 Å². The molecule has 2 unspecified atom stereocenters. The molecule has 1 saturated heterocycles. The predicted octanol–water partition coefficient (Wildman–Crippen LogP) is 1.69. The third-order valence-electron chi connectivity index (χ3n) is 4.26. The van der Waals surface area contributed by atoms with E-state index >= 15 is 0 Å². The average molecular weight is 333 g/mol. The number of hydrogen-bond donors (Lipinski definition) is 1. The maximum atomic E-state index is 12.5. The van der Waals surface area contributed by atoms with Crippen molar-refractivity contribution in [3.8, 4) is 0 Å². The van der Waals surface area contributed by atoms with Crippen molar-refractivity contribution in [1.82, 2.24) is 4.90 Å². The minimum atomic E-state index is -3.33. The van der Waals surface area contributed by atoms with Crippen LogP contribution in [0.2, 0.25) is 0 Å². The Balaban J connectivity index is 2.90. The molecular weight excluding hydrogens is 306 g/mol. The summed E-state index contributed by atoms with van der Waals surface area (Å²) in [7, 11) is -3.33. The fraction of sp³-hybridized carbons (Fsp3) is 0.867. The van der Waals surface area contributed by atoms with Gasteiger partial charge in [0.05, 0.1) is 16.9 Å². The topological polar surface area (TPSA) is 91.8 Å². The molecule has 22 heavy (non-hydrogen) atoms. The lowest BCUT2D eigenvalue weighted by Gasteiger charge is -2.38. The fourth-order valence-corrected chi connectivity index (χ4v) is 4.09. The molecule has 0 spiro atoms. The second-order valence-corrected chi connectivity index (χ2v) is 9.71. The summed E-state index contributed by atoms with van der Waals surface area (Å²) >= 11 is 0. The number of likely N-dealkylation sites (tertiary alicyclic amines) is 1. The highest BCUT2D eigenvalue weighted by Crippen LogP contribution is 2.26. The van der Waals surface area contributed by atoms with Crippen molar-refractivity contribution < 1.29 is 23.1 Å². The summed E-state index contributed by atoms with van der Waals surface area (Å²) in [6, 6.07) is -0.381. The first-order valence-corrected chi connectivity index (χ1v) is 9.39. The zero-order valence-electron chi connectivity index (χ0n) is 13.8. The van der Waals surface area contributed by atoms with Crippen LogP contribution in [0.15, 0.2) is 0 Å². The highest BCUT2D eigenvalue weighted by atomic mass is 32.2. The largest absolute Gasteiger partial charge is 0.481 e. The van der Waals surface area contributed by atoms with E-state index in [4.69, 9.17) is 5.11 Å². The number of aliphatic carboxylic acids is 1. The van der Waals surface area contributed by atoms with E-state index in [0.29, 0.717) is 19.4 Å². The molecule has 128 valence electrons. The third kappa shape index (κ3) is 4.44. The number of nitrogens with zero attached hydrogens (tertiary/aromatic N) is 1. The van der Waals surface area contributed by atoms with Gasteiger partial charge in [-0.05, 0) is 40.0 Å². The number of carbonyl (C=O) groups excluding carboxylic acids is 1. The maximum absolute atomic E-state index is 12.5. The summed E-state index contributed by atoms with van der Waals surface area (Å²) in [5, 5.41) is 8.89. The van der Waals surface area contributed by atoms with Gasteiger partial charge in [-0.2, -0.15) is 0 Å². The van der Waals surface area contributed by atoms with Gasteiger partial charge < -0.3 is 10.0 Å². The number of sulfone groups is 1. The number of rotatable bonds is 6. The van der Waals surface area contributed by atoms with Gasteiger partial charge in [-0.15, -0.1) is 0 Å². The zero-order chi connectivity index (χ0) is 17.1. The molecule has 0 radical (unpaired) electrons. The minimum Gasteiger partial charge on any atom is -0.481 e. The van der Waals surface area contributed by atoms with Crippen molar-refractivity contribution in [1.29, 1.82) is 0 Å². The van der Waals surface area contributed by atoms with Crippen LogP contribution in [0, 0.1) is 5.92 Å². The van der Waals surface area contributed by atoms with Gasteiger partial charge in [-0.25, -0.2) is 8.42 Å². The molecule has 0 saturated carbocycles. The van der Waals surface area contributed by atoms with Crippen molar-refractivity contribution in [2.75, 3.05) is 12.3 Å². The number of amides is 1. The summed E-state index contributed by atoms with van der Waals surface area (Å²) in [5.74, 6) is -1.81. The van der Waals surface area contributed by atoms with Gasteiger partial charge in [0.2, 0.25) is 5.91 Å². The van der Waals surface area contributed by atoms with Gasteiger partial charge in [-0.1, -0.05) is 6.92 Å². The summed E-state index contributed by atoms with van der Waals surface area (Å²) < 4.78 is 23.9. The van der Waals surface area contributed by atoms with Gasteiger partial charge >= 0.3 is 5.97 Å². The Morgan fingerprint density at radius 2 is 2.00 bits per heavy atom. The van der Waals surface area contributed by atoms with Crippen LogP contribution in [0.25, 0.3) is 0 Å². The molecule has 1 aliphatic rings. The van der Waals surface area contributed by atoms with Crippen LogP contribution in [0.4, 0.5) is 0 Å². The van der Waals surface area contributed by atoms with Crippen LogP contribution in [0.5, 0.6) is 0 Å². The third-order valence-corrected chi connectivity index (χ3v) is 6.95. The van der Waals surface area contributed by atoms with E-state index in [1.54, 1.807) is 25.7 Å². The van der Waals surface area contributed by atoms with Crippen LogP contribution in [0.3, 0.4) is 0 Å². The lowest BCUT2D eigenvalue weighted by atomic mass is 9.92. The standard InChI is InChI=1S/C15H27NO5S/c1-5-12(10-22(20,21)15(2,3)4)16-8-6-7-11(14(16)19)9-13(17)18/h11-12H,5-10H2,1-4H3,(H,17,18). The van der Waals surface area contributed by atoms with Gasteiger partial charge in [0.1, 0.15) is 0 Å². The molecule has 7 heteroatoms. The summed E-state index contributed by atoms with van der Waals surface area (Å²) in [5.41, 5.74) is 0. The normalized spacial score (nSPS) is 21.7. The van der Waals surface area contributed by atoms with Gasteiger partial charge in [0, 0.05) is 18.5 Å². The smallest absolute Gasteiger partial charge is 0.304 e. The SMILES string of the molecule is CCC(CS(=O)(=O)C(C)(C)C)N1CCCC(CC(=O)O)C1=O. The molecule has 1 heterocycles. The van der Waals surface area contributed by atoms with Crippen LogP contribution < -0.4 is 0 Å². The molecule has 1 rings (SSSR count). The lowest BCUT2D eigenvalue weighted by Crippen LogP contribution is -2.51. The first-order chi connectivity index (χ1) is 9.99. The lowest BCUT2D eigenvalue weighted by molar-refractivity contribution is -0.147. The van der Waals surface area contributed by atoms with E-state index in [1.165, 1.54) is 0 Å². The Hall–Kier alpha value is -1.11. The number of piperidine rings is 1. The molecule has 1 N–H and O–H groups in total. The second kappa shape index (κ2) is 6.98. The predicted molar refractivity (Wildman–Crippen MR) is 84.3 cm³/mol. The molecule has 0 bridgehead atoms. The van der Waals surface area contributed by atoms with Crippen molar-refractivity contribution in [2.45, 2.75) is 64.2 Å². The van der Waals surface area contributed by atoms with Crippen LogP contribution in [0.1, 0.15) is 53.4 Å². The van der Waals surface area contributed by atoms with Crippen molar-refractivity contribution >= 4 is 21.7 Å². The Morgan fingerprint density at radius 3 is 2.45 bits per heavy atom. The summed E-state index contributed by atoms with van der Waals surface area (Å²) in [6.07, 6.45) is 1.64. The van der Waals surface area contributed by atoms with E-state index in [-0.39, 0.29) is 24.1 Å². The number of hydrogen-bond acceptors (Lipinski definition) is 4. The van der Waals surface area contributed by atoms with Gasteiger partial charge in [0.15, 0.2) is 9.84 Å². The van der Waals surface area contributed by atoms with Crippen molar-refractivity contribution in [3.05, 3.63) is 0 Å². The first kappa shape index (κ1) is 18.9.